The van der Waals surface area contributed by atoms with Crippen molar-refractivity contribution in [2.24, 2.45) is 5.16 Å². The first-order chi connectivity index (χ1) is 10.3. The van der Waals surface area contributed by atoms with Crippen molar-refractivity contribution < 1.29 is 14.3 Å². The van der Waals surface area contributed by atoms with Crippen LogP contribution >= 0.6 is 0 Å². The second-order valence-corrected chi connectivity index (χ2v) is 5.06. The summed E-state index contributed by atoms with van der Waals surface area (Å²) >= 11 is 0. The van der Waals surface area contributed by atoms with E-state index in [1.807, 2.05) is 18.2 Å². The van der Waals surface area contributed by atoms with Crippen molar-refractivity contribution >= 4 is 5.71 Å². The number of ether oxygens (including phenoxy) is 1. The average Bonchev–Trinajstić information content (AvgIpc) is 2.53. The van der Waals surface area contributed by atoms with Crippen LogP contribution in [0, 0.1) is 5.82 Å². The van der Waals surface area contributed by atoms with Gasteiger partial charge in [0.25, 0.3) is 0 Å². The number of nitrogens with zero attached hydrogens (tertiary/aromatic N) is 1. The van der Waals surface area contributed by atoms with Gasteiger partial charge in [0.2, 0.25) is 0 Å². The van der Waals surface area contributed by atoms with Crippen LogP contribution in [-0.4, -0.2) is 10.9 Å². The molecule has 108 valence electrons. The number of fused-ring (bicyclic) bond motifs is 1. The van der Waals surface area contributed by atoms with Crippen LogP contribution in [0.5, 0.6) is 5.75 Å². The summed E-state index contributed by atoms with van der Waals surface area (Å²) in [6.45, 7) is 0.189. The third kappa shape index (κ3) is 2.75. The smallest absolute Gasteiger partial charge is 0.129 e. The third-order valence-corrected chi connectivity index (χ3v) is 3.75. The van der Waals surface area contributed by atoms with E-state index in [-0.39, 0.29) is 12.4 Å². The Morgan fingerprint density at radius 1 is 1.10 bits per heavy atom. The molecule has 0 amide bonds. The molecule has 0 aromatic heterocycles. The van der Waals surface area contributed by atoms with E-state index in [0.717, 1.165) is 36.1 Å². The summed E-state index contributed by atoms with van der Waals surface area (Å²) in [5.74, 6) is 0.469. The molecule has 3 nitrogen and oxygen atoms in total. The molecule has 3 rings (SSSR count). The highest BCUT2D eigenvalue weighted by atomic mass is 19.1. The van der Waals surface area contributed by atoms with Gasteiger partial charge in [-0.1, -0.05) is 35.5 Å². The molecule has 0 aliphatic heterocycles. The van der Waals surface area contributed by atoms with Gasteiger partial charge < -0.3 is 9.94 Å². The quantitative estimate of drug-likeness (QED) is 0.686. The van der Waals surface area contributed by atoms with Crippen molar-refractivity contribution in [1.29, 1.82) is 0 Å². The number of rotatable bonds is 3. The summed E-state index contributed by atoms with van der Waals surface area (Å²) in [4.78, 5) is 0. The summed E-state index contributed by atoms with van der Waals surface area (Å²) in [5, 5.41) is 12.4. The fourth-order valence-corrected chi connectivity index (χ4v) is 2.67. The molecule has 21 heavy (non-hydrogen) atoms. The highest BCUT2D eigenvalue weighted by molar-refractivity contribution is 6.02. The maximum absolute atomic E-state index is 13.6. The fourth-order valence-electron chi connectivity index (χ4n) is 2.67. The highest BCUT2D eigenvalue weighted by Gasteiger charge is 2.19. The Morgan fingerprint density at radius 3 is 2.76 bits per heavy atom. The van der Waals surface area contributed by atoms with Crippen LogP contribution in [0.25, 0.3) is 0 Å². The molecular formula is C17H16FNO2. The minimum absolute atomic E-state index is 0.189. The van der Waals surface area contributed by atoms with Gasteiger partial charge in [0, 0.05) is 16.7 Å². The molecule has 0 spiro atoms. The van der Waals surface area contributed by atoms with Crippen LogP contribution in [0.2, 0.25) is 0 Å². The molecule has 0 saturated heterocycles. The number of hydrogen-bond acceptors (Lipinski definition) is 3. The summed E-state index contributed by atoms with van der Waals surface area (Å²) in [7, 11) is 0. The molecular weight excluding hydrogens is 269 g/mol. The monoisotopic (exact) mass is 285 g/mol. The molecule has 0 saturated carbocycles. The van der Waals surface area contributed by atoms with Crippen molar-refractivity contribution in [2.75, 3.05) is 0 Å². The normalized spacial score (nSPS) is 15.8. The van der Waals surface area contributed by atoms with E-state index in [1.165, 1.54) is 6.07 Å². The standard InChI is InChI=1S/C17H16FNO2/c18-15-8-2-1-5-12(15)11-21-17-10-4-6-13-14(17)7-3-9-16(13)19-20/h1-2,4-6,8,10,20H,3,7,9,11H2. The first-order valence-electron chi connectivity index (χ1n) is 6.99. The highest BCUT2D eigenvalue weighted by Crippen LogP contribution is 2.30. The Bertz CT molecular complexity index is 682. The van der Waals surface area contributed by atoms with Gasteiger partial charge in [-0.15, -0.1) is 0 Å². The van der Waals surface area contributed by atoms with Gasteiger partial charge in [0.05, 0.1) is 5.71 Å². The number of oxime groups is 1. The second-order valence-electron chi connectivity index (χ2n) is 5.06. The summed E-state index contributed by atoms with van der Waals surface area (Å²) in [6, 6.07) is 12.3. The minimum Gasteiger partial charge on any atom is -0.488 e. The largest absolute Gasteiger partial charge is 0.488 e. The molecule has 0 unspecified atom stereocenters. The van der Waals surface area contributed by atoms with E-state index in [9.17, 15) is 4.39 Å². The Hall–Kier alpha value is -2.36. The van der Waals surface area contributed by atoms with Crippen molar-refractivity contribution in [3.05, 3.63) is 65.0 Å². The average molecular weight is 285 g/mol. The summed E-state index contributed by atoms with van der Waals surface area (Å²) in [6.07, 6.45) is 2.56. The van der Waals surface area contributed by atoms with Gasteiger partial charge in [0.1, 0.15) is 18.2 Å². The maximum atomic E-state index is 13.6. The fraction of sp³-hybridized carbons (Fsp3) is 0.235. The molecule has 1 aliphatic rings. The van der Waals surface area contributed by atoms with Gasteiger partial charge in [-0.25, -0.2) is 4.39 Å². The zero-order chi connectivity index (χ0) is 14.7. The topological polar surface area (TPSA) is 41.8 Å². The van der Waals surface area contributed by atoms with E-state index < -0.39 is 0 Å². The zero-order valence-corrected chi connectivity index (χ0v) is 11.6. The van der Waals surface area contributed by atoms with Crippen molar-refractivity contribution in [3.63, 3.8) is 0 Å². The van der Waals surface area contributed by atoms with E-state index in [4.69, 9.17) is 9.94 Å². The van der Waals surface area contributed by atoms with Crippen molar-refractivity contribution in [1.82, 2.24) is 0 Å². The molecule has 0 fully saturated rings. The SMILES string of the molecule is ON=C1CCCc2c(OCc3ccccc3F)cccc21. The number of hydrogen-bond donors (Lipinski definition) is 1. The molecule has 2 aromatic carbocycles. The zero-order valence-electron chi connectivity index (χ0n) is 11.6. The van der Waals surface area contributed by atoms with E-state index in [0.29, 0.717) is 11.3 Å². The first kappa shape index (κ1) is 13.6. The minimum atomic E-state index is -0.264. The Labute approximate surface area is 122 Å². The Kier molecular flexibility index (Phi) is 3.86. The van der Waals surface area contributed by atoms with Gasteiger partial charge in [-0.05, 0) is 31.4 Å². The lowest BCUT2D eigenvalue weighted by molar-refractivity contribution is 0.295. The molecule has 0 atom stereocenters. The van der Waals surface area contributed by atoms with Gasteiger partial charge in [0.15, 0.2) is 0 Å². The van der Waals surface area contributed by atoms with Crippen molar-refractivity contribution in [3.8, 4) is 5.75 Å². The second kappa shape index (κ2) is 5.95. The predicted molar refractivity (Wildman–Crippen MR) is 78.4 cm³/mol. The van der Waals surface area contributed by atoms with Crippen LogP contribution in [0.4, 0.5) is 4.39 Å². The molecule has 0 heterocycles. The van der Waals surface area contributed by atoms with E-state index >= 15 is 0 Å². The summed E-state index contributed by atoms with van der Waals surface area (Å²) in [5.41, 5.74) is 3.18. The molecule has 0 bridgehead atoms. The van der Waals surface area contributed by atoms with Crippen LogP contribution in [-0.2, 0) is 13.0 Å². The lowest BCUT2D eigenvalue weighted by Gasteiger charge is -2.20. The van der Waals surface area contributed by atoms with E-state index in [1.54, 1.807) is 18.2 Å². The van der Waals surface area contributed by atoms with Crippen LogP contribution in [0.1, 0.15) is 29.5 Å². The maximum Gasteiger partial charge on any atom is 0.129 e. The molecule has 1 aliphatic carbocycles. The Morgan fingerprint density at radius 2 is 1.95 bits per heavy atom. The number of halogens is 1. The first-order valence-corrected chi connectivity index (χ1v) is 6.99. The van der Waals surface area contributed by atoms with Crippen LogP contribution in [0.15, 0.2) is 47.6 Å². The molecule has 2 aromatic rings. The van der Waals surface area contributed by atoms with Gasteiger partial charge >= 0.3 is 0 Å². The lowest BCUT2D eigenvalue weighted by atomic mass is 9.89. The predicted octanol–water partition coefficient (Wildman–Crippen LogP) is 3.92. The van der Waals surface area contributed by atoms with Crippen LogP contribution in [0.3, 0.4) is 0 Å². The number of benzene rings is 2. The van der Waals surface area contributed by atoms with Gasteiger partial charge in [-0.2, -0.15) is 0 Å². The summed E-state index contributed by atoms with van der Waals surface area (Å²) < 4.78 is 19.4. The van der Waals surface area contributed by atoms with Gasteiger partial charge in [-0.3, -0.25) is 0 Å². The van der Waals surface area contributed by atoms with Crippen molar-refractivity contribution in [2.45, 2.75) is 25.9 Å². The van der Waals surface area contributed by atoms with Crippen LogP contribution < -0.4 is 4.74 Å². The van der Waals surface area contributed by atoms with E-state index in [2.05, 4.69) is 5.16 Å². The Balaban J connectivity index is 1.85. The molecule has 1 N–H and O–H groups in total. The molecule has 0 radical (unpaired) electrons. The third-order valence-electron chi connectivity index (χ3n) is 3.75. The molecule has 4 heteroatoms. The lowest BCUT2D eigenvalue weighted by Crippen LogP contribution is -2.13.